The van der Waals surface area contributed by atoms with Crippen LogP contribution in [0.1, 0.15) is 21.6 Å². The zero-order chi connectivity index (χ0) is 24.7. The van der Waals surface area contributed by atoms with E-state index in [1.165, 1.54) is 29.2 Å². The Balaban J connectivity index is 1.54. The maximum atomic E-state index is 12.9. The van der Waals surface area contributed by atoms with Crippen LogP contribution in [0.25, 0.3) is 22.5 Å². The van der Waals surface area contributed by atoms with Crippen LogP contribution < -0.4 is 5.32 Å². The number of anilines is 1. The lowest BCUT2D eigenvalue weighted by Gasteiger charge is -2.09. The standard InChI is InChI=1S/C23H17ClN8O3/c1-13-3-4-15(10-19(13)32(34)35)23(33)28-20-9-14(2)29-31(20)22-18-11-27-30(21(18)25-12-26-22)17-7-5-16(24)6-8-17/h3-12H,1-2H3,(H,28,33). The summed E-state index contributed by atoms with van der Waals surface area (Å²) in [5, 5.41) is 24.2. The zero-order valence-corrected chi connectivity index (χ0v) is 19.3. The van der Waals surface area contributed by atoms with Crippen molar-refractivity contribution in [3.05, 3.63) is 93.0 Å². The molecule has 11 nitrogen and oxygen atoms in total. The summed E-state index contributed by atoms with van der Waals surface area (Å²) in [5.74, 6) is 0.236. The second-order valence-corrected chi connectivity index (χ2v) is 8.20. The Hall–Kier alpha value is -4.64. The first-order valence-corrected chi connectivity index (χ1v) is 10.8. The van der Waals surface area contributed by atoms with Crippen LogP contribution in [0.15, 0.2) is 61.1 Å². The second kappa shape index (κ2) is 8.61. The van der Waals surface area contributed by atoms with Gasteiger partial charge in [-0.05, 0) is 44.2 Å². The van der Waals surface area contributed by atoms with Gasteiger partial charge < -0.3 is 5.32 Å². The average Bonchev–Trinajstić information content (AvgIpc) is 3.43. The number of rotatable bonds is 5. The molecular weight excluding hydrogens is 472 g/mol. The van der Waals surface area contributed by atoms with Crippen LogP contribution in [0, 0.1) is 24.0 Å². The lowest BCUT2D eigenvalue weighted by Crippen LogP contribution is -2.16. The van der Waals surface area contributed by atoms with Crippen molar-refractivity contribution in [1.82, 2.24) is 29.5 Å². The Bertz CT molecular complexity index is 1610. The number of benzene rings is 2. The number of carbonyl (C=O) groups excluding carboxylic acids is 1. The predicted molar refractivity (Wildman–Crippen MR) is 129 cm³/mol. The number of nitrogens with zero attached hydrogens (tertiary/aromatic N) is 7. The molecule has 3 aromatic heterocycles. The van der Waals surface area contributed by atoms with E-state index in [1.54, 1.807) is 42.9 Å². The van der Waals surface area contributed by atoms with E-state index in [0.29, 0.717) is 38.9 Å². The summed E-state index contributed by atoms with van der Waals surface area (Å²) in [4.78, 5) is 32.4. The van der Waals surface area contributed by atoms with E-state index in [9.17, 15) is 14.9 Å². The van der Waals surface area contributed by atoms with E-state index in [4.69, 9.17) is 11.6 Å². The largest absolute Gasteiger partial charge is 0.306 e. The fraction of sp³-hybridized carbons (Fsp3) is 0.0870. The molecule has 5 rings (SSSR count). The molecule has 0 fully saturated rings. The summed E-state index contributed by atoms with van der Waals surface area (Å²) in [6, 6.07) is 13.1. The number of nitro benzene ring substituents is 1. The number of aromatic nitrogens is 6. The van der Waals surface area contributed by atoms with Crippen molar-refractivity contribution in [1.29, 1.82) is 0 Å². The van der Waals surface area contributed by atoms with Crippen LogP contribution in [-0.4, -0.2) is 40.4 Å². The van der Waals surface area contributed by atoms with E-state index < -0.39 is 10.8 Å². The second-order valence-electron chi connectivity index (χ2n) is 7.76. The highest BCUT2D eigenvalue weighted by atomic mass is 35.5. The van der Waals surface area contributed by atoms with Gasteiger partial charge in [-0.25, -0.2) is 14.6 Å². The molecule has 0 aliphatic carbocycles. The first kappa shape index (κ1) is 22.2. The van der Waals surface area contributed by atoms with Gasteiger partial charge in [-0.2, -0.15) is 14.9 Å². The number of nitrogens with one attached hydrogen (secondary N) is 1. The molecule has 0 spiro atoms. The van der Waals surface area contributed by atoms with Crippen molar-refractivity contribution in [2.45, 2.75) is 13.8 Å². The molecule has 2 aromatic carbocycles. The van der Waals surface area contributed by atoms with E-state index in [-0.39, 0.29) is 11.3 Å². The number of fused-ring (bicyclic) bond motifs is 1. The summed E-state index contributed by atoms with van der Waals surface area (Å²) >= 11 is 6.00. The maximum Gasteiger partial charge on any atom is 0.273 e. The van der Waals surface area contributed by atoms with Gasteiger partial charge in [0.25, 0.3) is 11.6 Å². The third-order valence-corrected chi connectivity index (χ3v) is 5.61. The molecule has 0 aliphatic rings. The minimum Gasteiger partial charge on any atom is -0.306 e. The van der Waals surface area contributed by atoms with Gasteiger partial charge in [0.1, 0.15) is 12.1 Å². The normalized spacial score (nSPS) is 11.1. The highest BCUT2D eigenvalue weighted by Gasteiger charge is 2.20. The highest BCUT2D eigenvalue weighted by molar-refractivity contribution is 6.30. The number of nitro groups is 1. The number of aryl methyl sites for hydroxylation is 2. The average molecular weight is 489 g/mol. The minimum atomic E-state index is -0.517. The Morgan fingerprint density at radius 2 is 1.83 bits per heavy atom. The van der Waals surface area contributed by atoms with Crippen LogP contribution >= 0.6 is 11.6 Å². The Morgan fingerprint density at radius 1 is 1.06 bits per heavy atom. The molecule has 0 aliphatic heterocycles. The van der Waals surface area contributed by atoms with E-state index in [0.717, 1.165) is 5.69 Å². The molecule has 0 saturated carbocycles. The fourth-order valence-corrected chi connectivity index (χ4v) is 3.78. The molecule has 174 valence electrons. The maximum absolute atomic E-state index is 12.9. The molecule has 5 aromatic rings. The molecule has 35 heavy (non-hydrogen) atoms. The van der Waals surface area contributed by atoms with Crippen LogP contribution in [-0.2, 0) is 0 Å². The summed E-state index contributed by atoms with van der Waals surface area (Å²) in [7, 11) is 0. The number of halogens is 1. The monoisotopic (exact) mass is 488 g/mol. The third-order valence-electron chi connectivity index (χ3n) is 5.36. The van der Waals surface area contributed by atoms with Crippen molar-refractivity contribution in [3.63, 3.8) is 0 Å². The lowest BCUT2D eigenvalue weighted by molar-refractivity contribution is -0.385. The molecule has 3 heterocycles. The van der Waals surface area contributed by atoms with Crippen molar-refractivity contribution in [2.24, 2.45) is 0 Å². The number of amides is 1. The minimum absolute atomic E-state index is 0.130. The van der Waals surface area contributed by atoms with E-state index in [2.05, 4.69) is 25.5 Å². The number of carbonyl (C=O) groups is 1. The first-order chi connectivity index (χ1) is 16.8. The molecule has 0 atom stereocenters. The van der Waals surface area contributed by atoms with E-state index >= 15 is 0 Å². The van der Waals surface area contributed by atoms with Crippen molar-refractivity contribution in [2.75, 3.05) is 5.32 Å². The number of hydrogen-bond donors (Lipinski definition) is 1. The van der Waals surface area contributed by atoms with Gasteiger partial charge in [0, 0.05) is 28.3 Å². The van der Waals surface area contributed by atoms with Crippen molar-refractivity contribution >= 4 is 40.0 Å². The van der Waals surface area contributed by atoms with Gasteiger partial charge in [0.05, 0.1) is 27.9 Å². The van der Waals surface area contributed by atoms with Crippen LogP contribution in [0.5, 0.6) is 0 Å². The third kappa shape index (κ3) is 4.08. The van der Waals surface area contributed by atoms with E-state index in [1.807, 2.05) is 12.1 Å². The summed E-state index contributed by atoms with van der Waals surface area (Å²) in [6.45, 7) is 3.39. The molecule has 1 N–H and O–H groups in total. The molecule has 1 amide bonds. The first-order valence-electron chi connectivity index (χ1n) is 10.4. The smallest absolute Gasteiger partial charge is 0.273 e. The van der Waals surface area contributed by atoms with Crippen molar-refractivity contribution < 1.29 is 9.72 Å². The van der Waals surface area contributed by atoms with Gasteiger partial charge >= 0.3 is 0 Å². The molecule has 12 heteroatoms. The van der Waals surface area contributed by atoms with Gasteiger partial charge in [0.2, 0.25) is 0 Å². The fourth-order valence-electron chi connectivity index (χ4n) is 3.66. The Kier molecular flexibility index (Phi) is 5.46. The van der Waals surface area contributed by atoms with Crippen molar-refractivity contribution in [3.8, 4) is 11.5 Å². The van der Waals surface area contributed by atoms with Crippen LogP contribution in [0.4, 0.5) is 11.5 Å². The molecule has 0 unspecified atom stereocenters. The van der Waals surface area contributed by atoms with Gasteiger partial charge in [-0.15, -0.1) is 0 Å². The molecular formula is C23H17ClN8O3. The topological polar surface area (TPSA) is 134 Å². The predicted octanol–water partition coefficient (Wildman–Crippen LogP) is 4.43. The van der Waals surface area contributed by atoms with Gasteiger partial charge in [0.15, 0.2) is 11.5 Å². The Labute approximate surface area is 203 Å². The molecule has 0 radical (unpaired) electrons. The zero-order valence-electron chi connectivity index (χ0n) is 18.5. The lowest BCUT2D eigenvalue weighted by atomic mass is 10.1. The van der Waals surface area contributed by atoms with Gasteiger partial charge in [-0.1, -0.05) is 17.7 Å². The highest BCUT2D eigenvalue weighted by Crippen LogP contribution is 2.26. The van der Waals surface area contributed by atoms with Crippen LogP contribution in [0.2, 0.25) is 5.02 Å². The summed E-state index contributed by atoms with van der Waals surface area (Å²) < 4.78 is 3.13. The molecule has 0 bridgehead atoms. The molecule has 0 saturated heterocycles. The SMILES string of the molecule is Cc1cc(NC(=O)c2ccc(C)c([N+](=O)[O-])c2)n(-c2ncnc3c2cnn3-c2ccc(Cl)cc2)n1. The number of hydrogen-bond acceptors (Lipinski definition) is 7. The van der Waals surface area contributed by atoms with Crippen LogP contribution in [0.3, 0.4) is 0 Å². The Morgan fingerprint density at radius 3 is 2.57 bits per heavy atom. The van der Waals surface area contributed by atoms with Gasteiger partial charge in [-0.3, -0.25) is 14.9 Å². The quantitative estimate of drug-likeness (QED) is 0.285. The summed E-state index contributed by atoms with van der Waals surface area (Å²) in [5.41, 5.74) is 2.42. The summed E-state index contributed by atoms with van der Waals surface area (Å²) in [6.07, 6.45) is 3.00.